The first-order valence-corrected chi connectivity index (χ1v) is 9.57. The second kappa shape index (κ2) is 7.91. The molecule has 1 aliphatic carbocycles. The summed E-state index contributed by atoms with van der Waals surface area (Å²) in [6.07, 6.45) is 1.91. The quantitative estimate of drug-likeness (QED) is 0.731. The van der Waals surface area contributed by atoms with Crippen LogP contribution in [0.3, 0.4) is 0 Å². The maximum atomic E-state index is 13.9. The van der Waals surface area contributed by atoms with Gasteiger partial charge in [0.1, 0.15) is 5.82 Å². The van der Waals surface area contributed by atoms with E-state index in [4.69, 9.17) is 5.11 Å². The molecule has 3 rings (SSSR count). The number of hydrogen-bond acceptors (Lipinski definition) is 3. The van der Waals surface area contributed by atoms with E-state index in [1.165, 1.54) is 17.8 Å². The number of carboxylic acids is 1. The van der Waals surface area contributed by atoms with Crippen LogP contribution in [-0.2, 0) is 21.8 Å². The lowest BCUT2D eigenvalue weighted by Gasteiger charge is -2.16. The average Bonchev–Trinajstić information content (AvgIpc) is 3.38. The topological polar surface area (TPSA) is 66.4 Å². The van der Waals surface area contributed by atoms with Crippen LogP contribution in [0.1, 0.15) is 24.0 Å². The predicted molar refractivity (Wildman–Crippen MR) is 101 cm³/mol. The molecule has 1 aliphatic rings. The monoisotopic (exact) mass is 373 g/mol. The summed E-state index contributed by atoms with van der Waals surface area (Å²) >= 11 is 1.31. The van der Waals surface area contributed by atoms with E-state index in [1.807, 2.05) is 24.3 Å². The summed E-state index contributed by atoms with van der Waals surface area (Å²) in [5.41, 5.74) is 1.67. The molecule has 0 radical (unpaired) electrons. The highest BCUT2D eigenvalue weighted by Gasteiger charge is 2.49. The van der Waals surface area contributed by atoms with Gasteiger partial charge in [-0.3, -0.25) is 9.59 Å². The summed E-state index contributed by atoms with van der Waals surface area (Å²) in [7, 11) is 0. The number of carboxylic acid groups (broad SMARTS) is 1. The third-order valence-electron chi connectivity index (χ3n) is 4.50. The number of benzene rings is 2. The standard InChI is InChI=1S/C20H20FNO3S/c21-17-7-2-1-5-15(17)11-20(8-9-20)19(25)22-16-6-3-4-14(10-16)12-26-13-18(23)24/h1-7,10H,8-9,11-13H2,(H,22,25)(H,23,24). The zero-order valence-corrected chi connectivity index (χ0v) is 15.0. The van der Waals surface area contributed by atoms with E-state index < -0.39 is 11.4 Å². The summed E-state index contributed by atoms with van der Waals surface area (Å²) in [6.45, 7) is 0. The Balaban J connectivity index is 1.62. The van der Waals surface area contributed by atoms with Crippen LogP contribution in [0.2, 0.25) is 0 Å². The second-order valence-corrected chi connectivity index (χ2v) is 7.58. The van der Waals surface area contributed by atoms with E-state index in [9.17, 15) is 14.0 Å². The van der Waals surface area contributed by atoms with E-state index in [0.29, 0.717) is 23.4 Å². The van der Waals surface area contributed by atoms with Crippen LogP contribution in [0.25, 0.3) is 0 Å². The van der Waals surface area contributed by atoms with Gasteiger partial charge in [0.2, 0.25) is 5.91 Å². The van der Waals surface area contributed by atoms with Crippen LogP contribution in [0.4, 0.5) is 10.1 Å². The highest BCUT2D eigenvalue weighted by molar-refractivity contribution is 7.99. The van der Waals surface area contributed by atoms with Crippen molar-refractivity contribution in [1.29, 1.82) is 0 Å². The SMILES string of the molecule is O=C(O)CSCc1cccc(NC(=O)C2(Cc3ccccc3F)CC2)c1. The van der Waals surface area contributed by atoms with Gasteiger partial charge in [-0.2, -0.15) is 0 Å². The van der Waals surface area contributed by atoms with Gasteiger partial charge in [-0.25, -0.2) is 4.39 Å². The lowest BCUT2D eigenvalue weighted by atomic mass is 9.95. The first kappa shape index (κ1) is 18.5. The molecule has 6 heteroatoms. The number of amides is 1. The van der Waals surface area contributed by atoms with E-state index in [1.54, 1.807) is 18.2 Å². The van der Waals surface area contributed by atoms with Gasteiger partial charge in [-0.1, -0.05) is 30.3 Å². The number of thioether (sulfide) groups is 1. The molecule has 0 heterocycles. The van der Waals surface area contributed by atoms with Crippen molar-refractivity contribution in [3.05, 3.63) is 65.5 Å². The number of hydrogen-bond donors (Lipinski definition) is 2. The minimum Gasteiger partial charge on any atom is -0.481 e. The Morgan fingerprint density at radius 2 is 1.92 bits per heavy atom. The number of aliphatic carboxylic acids is 1. The first-order valence-electron chi connectivity index (χ1n) is 8.42. The van der Waals surface area contributed by atoms with Crippen molar-refractivity contribution in [1.82, 2.24) is 0 Å². The van der Waals surface area contributed by atoms with Crippen molar-refractivity contribution >= 4 is 29.3 Å². The molecule has 2 N–H and O–H groups in total. The van der Waals surface area contributed by atoms with Crippen LogP contribution < -0.4 is 5.32 Å². The molecule has 2 aromatic carbocycles. The molecule has 136 valence electrons. The molecule has 0 spiro atoms. The molecule has 0 unspecified atom stereocenters. The van der Waals surface area contributed by atoms with Gasteiger partial charge >= 0.3 is 5.97 Å². The number of carbonyl (C=O) groups excluding carboxylic acids is 1. The Bertz CT molecular complexity index is 820. The third-order valence-corrected chi connectivity index (χ3v) is 5.49. The maximum absolute atomic E-state index is 13.9. The van der Waals surface area contributed by atoms with E-state index >= 15 is 0 Å². The summed E-state index contributed by atoms with van der Waals surface area (Å²) in [4.78, 5) is 23.3. The molecule has 0 aliphatic heterocycles. The molecular formula is C20H20FNO3S. The Labute approximate surface area is 155 Å². The highest BCUT2D eigenvalue weighted by Crippen LogP contribution is 2.49. The fourth-order valence-corrected chi connectivity index (χ4v) is 3.59. The Hall–Kier alpha value is -2.34. The van der Waals surface area contributed by atoms with Gasteiger partial charge < -0.3 is 10.4 Å². The van der Waals surface area contributed by atoms with Gasteiger partial charge in [-0.05, 0) is 48.6 Å². The zero-order valence-electron chi connectivity index (χ0n) is 14.2. The second-order valence-electron chi connectivity index (χ2n) is 6.59. The summed E-state index contributed by atoms with van der Waals surface area (Å²) in [5, 5.41) is 11.6. The average molecular weight is 373 g/mol. The largest absolute Gasteiger partial charge is 0.481 e. The number of halogens is 1. The number of carbonyl (C=O) groups is 2. The minimum absolute atomic E-state index is 0.0440. The predicted octanol–water partition coefficient (Wildman–Crippen LogP) is 4.10. The zero-order chi connectivity index (χ0) is 18.6. The number of nitrogens with one attached hydrogen (secondary N) is 1. The molecule has 0 atom stereocenters. The fraction of sp³-hybridized carbons (Fsp3) is 0.300. The summed E-state index contributed by atoms with van der Waals surface area (Å²) in [5.74, 6) is -0.595. The summed E-state index contributed by atoms with van der Waals surface area (Å²) < 4.78 is 13.9. The summed E-state index contributed by atoms with van der Waals surface area (Å²) in [6, 6.07) is 14.0. The van der Waals surface area contributed by atoms with E-state index in [2.05, 4.69) is 5.32 Å². The molecule has 2 aromatic rings. The van der Waals surface area contributed by atoms with Crippen molar-refractivity contribution in [2.45, 2.75) is 25.0 Å². The molecule has 1 amide bonds. The third kappa shape index (κ3) is 4.64. The fourth-order valence-electron chi connectivity index (χ4n) is 2.90. The first-order chi connectivity index (χ1) is 12.5. The van der Waals surface area contributed by atoms with Crippen LogP contribution in [0.15, 0.2) is 48.5 Å². The van der Waals surface area contributed by atoms with Crippen LogP contribution in [0.5, 0.6) is 0 Å². The molecule has 26 heavy (non-hydrogen) atoms. The number of rotatable bonds is 8. The van der Waals surface area contributed by atoms with Crippen molar-refractivity contribution < 1.29 is 19.1 Å². The van der Waals surface area contributed by atoms with E-state index in [-0.39, 0.29) is 17.5 Å². The Morgan fingerprint density at radius 1 is 1.15 bits per heavy atom. The molecule has 0 bridgehead atoms. The Kier molecular flexibility index (Phi) is 5.61. The van der Waals surface area contributed by atoms with Crippen molar-refractivity contribution in [3.8, 4) is 0 Å². The van der Waals surface area contributed by atoms with Gasteiger partial charge in [0.15, 0.2) is 0 Å². The van der Waals surface area contributed by atoms with Crippen molar-refractivity contribution in [2.24, 2.45) is 5.41 Å². The number of anilines is 1. The molecule has 0 aromatic heterocycles. The molecule has 1 saturated carbocycles. The normalized spacial score (nSPS) is 14.7. The maximum Gasteiger partial charge on any atom is 0.313 e. The molecule has 0 saturated heterocycles. The van der Waals surface area contributed by atoms with Crippen LogP contribution >= 0.6 is 11.8 Å². The van der Waals surface area contributed by atoms with Crippen molar-refractivity contribution in [2.75, 3.05) is 11.1 Å². The van der Waals surface area contributed by atoms with E-state index in [0.717, 1.165) is 18.4 Å². The lowest BCUT2D eigenvalue weighted by molar-refractivity contribution is -0.133. The molecular weight excluding hydrogens is 353 g/mol. The molecule has 4 nitrogen and oxygen atoms in total. The Morgan fingerprint density at radius 3 is 2.62 bits per heavy atom. The van der Waals surface area contributed by atoms with Crippen molar-refractivity contribution in [3.63, 3.8) is 0 Å². The van der Waals surface area contributed by atoms with Gasteiger partial charge in [0, 0.05) is 11.4 Å². The van der Waals surface area contributed by atoms with Gasteiger partial charge in [-0.15, -0.1) is 11.8 Å². The minimum atomic E-state index is -0.844. The van der Waals surface area contributed by atoms with Crippen LogP contribution in [-0.4, -0.2) is 22.7 Å². The lowest BCUT2D eigenvalue weighted by Crippen LogP contribution is -2.26. The van der Waals surface area contributed by atoms with Gasteiger partial charge in [0.05, 0.1) is 11.2 Å². The smallest absolute Gasteiger partial charge is 0.313 e. The highest BCUT2D eigenvalue weighted by atomic mass is 32.2. The molecule has 1 fully saturated rings. The van der Waals surface area contributed by atoms with Gasteiger partial charge in [0.25, 0.3) is 0 Å². The van der Waals surface area contributed by atoms with Crippen LogP contribution in [0, 0.1) is 11.2 Å².